The van der Waals surface area contributed by atoms with Crippen LogP contribution in [-0.2, 0) is 0 Å². The number of amides is 2. The smallest absolute Gasteiger partial charge is 0.322 e. The summed E-state index contributed by atoms with van der Waals surface area (Å²) < 4.78 is 5.88. The molecule has 116 valence electrons. The summed E-state index contributed by atoms with van der Waals surface area (Å²) in [5, 5.41) is 3.58. The number of nitrogens with zero attached hydrogens (tertiary/aromatic N) is 1. The second-order valence-electron chi connectivity index (χ2n) is 5.79. The molecule has 0 unspecified atom stereocenters. The van der Waals surface area contributed by atoms with E-state index >= 15 is 0 Å². The Balaban J connectivity index is 2.14. The number of urea groups is 1. The van der Waals surface area contributed by atoms with Crippen LogP contribution in [0.15, 0.2) is 18.2 Å². The number of benzene rings is 1. The quantitative estimate of drug-likeness (QED) is 0.910. The van der Waals surface area contributed by atoms with Crippen molar-refractivity contribution >= 4 is 23.3 Å². The molecule has 0 bridgehead atoms. The Hall–Kier alpha value is -1.42. The number of carbonyl (C=O) groups is 1. The van der Waals surface area contributed by atoms with Gasteiger partial charge in [-0.25, -0.2) is 4.79 Å². The summed E-state index contributed by atoms with van der Waals surface area (Å²) in [5.41, 5.74) is 0.745. The number of fused-ring (bicyclic) bond motifs is 1. The molecule has 21 heavy (non-hydrogen) atoms. The normalized spacial score (nSPS) is 17.4. The van der Waals surface area contributed by atoms with E-state index in [2.05, 4.69) is 26.1 Å². The van der Waals surface area contributed by atoms with Gasteiger partial charge in [0.15, 0.2) is 0 Å². The predicted octanol–water partition coefficient (Wildman–Crippen LogP) is 4.07. The molecule has 0 aliphatic carbocycles. The number of rotatable bonds is 4. The third kappa shape index (κ3) is 4.03. The molecule has 4 nitrogen and oxygen atoms in total. The van der Waals surface area contributed by atoms with Crippen molar-refractivity contribution in [2.75, 3.05) is 18.0 Å². The largest absolute Gasteiger partial charge is 0.486 e. The molecule has 0 fully saturated rings. The molecule has 0 aromatic heterocycles. The monoisotopic (exact) mass is 310 g/mol. The summed E-state index contributed by atoms with van der Waals surface area (Å²) >= 11 is 6.05. The molecule has 0 saturated heterocycles. The minimum atomic E-state index is -0.0825. The predicted molar refractivity (Wildman–Crippen MR) is 86.4 cm³/mol. The molecule has 0 saturated carbocycles. The molecule has 1 N–H and O–H groups in total. The van der Waals surface area contributed by atoms with Crippen molar-refractivity contribution in [3.05, 3.63) is 23.2 Å². The van der Waals surface area contributed by atoms with Crippen LogP contribution in [0, 0.1) is 5.92 Å². The SMILES string of the molecule is CC[C@H]1CN(C(=O)NCCC(C)C)c2cc(Cl)ccc2O1. The highest BCUT2D eigenvalue weighted by atomic mass is 35.5. The van der Waals surface area contributed by atoms with Gasteiger partial charge in [0, 0.05) is 11.6 Å². The van der Waals surface area contributed by atoms with Crippen molar-refractivity contribution < 1.29 is 9.53 Å². The number of hydrogen-bond acceptors (Lipinski definition) is 2. The molecule has 2 rings (SSSR count). The Bertz CT molecular complexity index is 505. The van der Waals surface area contributed by atoms with Crippen LogP contribution in [0.1, 0.15) is 33.6 Å². The lowest BCUT2D eigenvalue weighted by atomic mass is 10.1. The number of nitrogens with one attached hydrogen (secondary N) is 1. The van der Waals surface area contributed by atoms with Crippen LogP contribution < -0.4 is 15.0 Å². The molecule has 5 heteroatoms. The average Bonchev–Trinajstić information content (AvgIpc) is 2.45. The highest BCUT2D eigenvalue weighted by Gasteiger charge is 2.29. The van der Waals surface area contributed by atoms with Crippen LogP contribution in [0.2, 0.25) is 5.02 Å². The minimum absolute atomic E-state index is 0.0227. The third-order valence-electron chi connectivity index (χ3n) is 3.59. The lowest BCUT2D eigenvalue weighted by Gasteiger charge is -2.34. The van der Waals surface area contributed by atoms with Gasteiger partial charge in [0.25, 0.3) is 0 Å². The first-order valence-corrected chi connectivity index (χ1v) is 7.90. The zero-order valence-corrected chi connectivity index (χ0v) is 13.6. The van der Waals surface area contributed by atoms with E-state index in [1.54, 1.807) is 17.0 Å². The molecule has 2 amide bonds. The third-order valence-corrected chi connectivity index (χ3v) is 3.83. The van der Waals surface area contributed by atoms with Gasteiger partial charge in [-0.15, -0.1) is 0 Å². The highest BCUT2D eigenvalue weighted by Crippen LogP contribution is 2.36. The van der Waals surface area contributed by atoms with Crippen LogP contribution >= 0.6 is 11.6 Å². The number of halogens is 1. The van der Waals surface area contributed by atoms with E-state index in [-0.39, 0.29) is 12.1 Å². The van der Waals surface area contributed by atoms with E-state index in [1.807, 2.05) is 6.07 Å². The van der Waals surface area contributed by atoms with Gasteiger partial charge in [0.05, 0.1) is 12.2 Å². The Morgan fingerprint density at radius 1 is 1.52 bits per heavy atom. The van der Waals surface area contributed by atoms with Crippen molar-refractivity contribution in [3.63, 3.8) is 0 Å². The van der Waals surface area contributed by atoms with Gasteiger partial charge in [0.2, 0.25) is 0 Å². The van der Waals surface area contributed by atoms with E-state index in [9.17, 15) is 4.79 Å². The minimum Gasteiger partial charge on any atom is -0.486 e. The van der Waals surface area contributed by atoms with Gasteiger partial charge in [-0.2, -0.15) is 0 Å². The van der Waals surface area contributed by atoms with E-state index in [0.717, 1.165) is 24.3 Å². The Labute approximate surface area is 131 Å². The molecule has 0 spiro atoms. The molecule has 1 atom stereocenters. The van der Waals surface area contributed by atoms with Crippen LogP contribution in [0.4, 0.5) is 10.5 Å². The lowest BCUT2D eigenvalue weighted by Crippen LogP contribution is -2.48. The van der Waals surface area contributed by atoms with E-state index in [1.165, 1.54) is 0 Å². The first-order valence-electron chi connectivity index (χ1n) is 7.52. The molecule has 0 radical (unpaired) electrons. The lowest BCUT2D eigenvalue weighted by molar-refractivity contribution is 0.186. The van der Waals surface area contributed by atoms with E-state index < -0.39 is 0 Å². The molecule has 1 aromatic rings. The Kier molecular flexibility index (Phi) is 5.34. The fraction of sp³-hybridized carbons (Fsp3) is 0.562. The van der Waals surface area contributed by atoms with Crippen LogP contribution in [0.3, 0.4) is 0 Å². The second-order valence-corrected chi connectivity index (χ2v) is 6.22. The standard InChI is InChI=1S/C16H23ClN2O2/c1-4-13-10-19(16(20)18-8-7-11(2)3)14-9-12(17)5-6-15(14)21-13/h5-6,9,11,13H,4,7-8,10H2,1-3H3,(H,18,20)/t13-/m0/s1. The van der Waals surface area contributed by atoms with Gasteiger partial charge in [0.1, 0.15) is 11.9 Å². The summed E-state index contributed by atoms with van der Waals surface area (Å²) in [7, 11) is 0. The summed E-state index contributed by atoms with van der Waals surface area (Å²) in [6.07, 6.45) is 1.85. The van der Waals surface area contributed by atoms with Crippen molar-refractivity contribution in [2.45, 2.75) is 39.7 Å². The average molecular weight is 311 g/mol. The maximum absolute atomic E-state index is 12.4. The van der Waals surface area contributed by atoms with Gasteiger partial charge in [-0.05, 0) is 37.0 Å². The first kappa shape index (κ1) is 16.0. The number of ether oxygens (including phenoxy) is 1. The second kappa shape index (κ2) is 7.03. The molecule has 1 heterocycles. The summed E-state index contributed by atoms with van der Waals surface area (Å²) in [6.45, 7) is 7.57. The van der Waals surface area contributed by atoms with Crippen molar-refractivity contribution in [1.82, 2.24) is 5.32 Å². The maximum atomic E-state index is 12.4. The molecule has 1 aliphatic rings. The van der Waals surface area contributed by atoms with E-state index in [4.69, 9.17) is 16.3 Å². The zero-order chi connectivity index (χ0) is 15.4. The Morgan fingerprint density at radius 3 is 2.95 bits per heavy atom. The van der Waals surface area contributed by atoms with Gasteiger partial charge >= 0.3 is 6.03 Å². The van der Waals surface area contributed by atoms with Crippen molar-refractivity contribution in [2.24, 2.45) is 5.92 Å². The first-order chi connectivity index (χ1) is 10.0. The van der Waals surface area contributed by atoms with Gasteiger partial charge in [-0.3, -0.25) is 4.90 Å². The maximum Gasteiger partial charge on any atom is 0.322 e. The molecule has 1 aliphatic heterocycles. The van der Waals surface area contributed by atoms with Crippen molar-refractivity contribution in [1.29, 1.82) is 0 Å². The number of carbonyl (C=O) groups excluding carboxylic acids is 1. The van der Waals surface area contributed by atoms with Crippen LogP contribution in [0.25, 0.3) is 0 Å². The number of hydrogen-bond donors (Lipinski definition) is 1. The van der Waals surface area contributed by atoms with Crippen molar-refractivity contribution in [3.8, 4) is 5.75 Å². The summed E-state index contributed by atoms with van der Waals surface area (Å²) in [4.78, 5) is 14.2. The fourth-order valence-corrected chi connectivity index (χ4v) is 2.45. The van der Waals surface area contributed by atoms with Crippen LogP contribution in [-0.4, -0.2) is 25.2 Å². The fourth-order valence-electron chi connectivity index (χ4n) is 2.29. The van der Waals surface area contributed by atoms with E-state index in [0.29, 0.717) is 24.0 Å². The summed E-state index contributed by atoms with van der Waals surface area (Å²) in [5.74, 6) is 1.29. The Morgan fingerprint density at radius 2 is 2.29 bits per heavy atom. The zero-order valence-electron chi connectivity index (χ0n) is 12.9. The summed E-state index contributed by atoms with van der Waals surface area (Å²) in [6, 6.07) is 5.31. The molecule has 1 aromatic carbocycles. The number of anilines is 1. The topological polar surface area (TPSA) is 41.6 Å². The van der Waals surface area contributed by atoms with Gasteiger partial charge in [-0.1, -0.05) is 32.4 Å². The van der Waals surface area contributed by atoms with Gasteiger partial charge < -0.3 is 10.1 Å². The van der Waals surface area contributed by atoms with Crippen LogP contribution in [0.5, 0.6) is 5.75 Å². The molecular formula is C16H23ClN2O2. The molecular weight excluding hydrogens is 288 g/mol. The highest BCUT2D eigenvalue weighted by molar-refractivity contribution is 6.31.